The van der Waals surface area contributed by atoms with Gasteiger partial charge in [0.05, 0.1) is 17.8 Å². The van der Waals surface area contributed by atoms with Crippen LogP contribution in [-0.4, -0.2) is 41.0 Å². The lowest BCUT2D eigenvalue weighted by molar-refractivity contribution is -0.137. The molecule has 0 aliphatic heterocycles. The molecule has 0 aromatic heterocycles. The molecule has 0 saturated carbocycles. The summed E-state index contributed by atoms with van der Waals surface area (Å²) in [6.07, 6.45) is -1.29. The van der Waals surface area contributed by atoms with Crippen LogP contribution in [0.5, 0.6) is 0 Å². The van der Waals surface area contributed by atoms with Gasteiger partial charge in [-0.25, -0.2) is 14.4 Å². The molecule has 0 aromatic carbocycles. The van der Waals surface area contributed by atoms with Gasteiger partial charge in [-0.3, -0.25) is 0 Å². The number of rotatable bonds is 6. The highest BCUT2D eigenvalue weighted by Crippen LogP contribution is 2.29. The smallest absolute Gasteiger partial charge is 0.478 e. The molecular weight excluding hydrogens is 292 g/mol. The number of alkyl halides is 1. The van der Waals surface area contributed by atoms with E-state index in [4.69, 9.17) is 21.8 Å². The van der Waals surface area contributed by atoms with Crippen LogP contribution in [0.4, 0.5) is 4.79 Å². The van der Waals surface area contributed by atoms with E-state index in [0.29, 0.717) is 0 Å². The van der Waals surface area contributed by atoms with Crippen molar-refractivity contribution in [2.45, 2.75) is 27.2 Å². The fourth-order valence-electron chi connectivity index (χ4n) is 1.56. The van der Waals surface area contributed by atoms with E-state index in [2.05, 4.69) is 9.47 Å². The van der Waals surface area contributed by atoms with Gasteiger partial charge in [0.25, 0.3) is 0 Å². The van der Waals surface area contributed by atoms with Crippen LogP contribution in [0.2, 0.25) is 0 Å². The molecule has 0 fully saturated rings. The largest absolute Gasteiger partial charge is 0.509 e. The number of hydrogen-bond donors (Lipinski definition) is 2. The van der Waals surface area contributed by atoms with Crippen LogP contribution in [0.15, 0.2) is 11.1 Å². The Morgan fingerprint density at radius 1 is 1.05 bits per heavy atom. The predicted octanol–water partition coefficient (Wildman–Crippen LogP) is 2.24. The van der Waals surface area contributed by atoms with Gasteiger partial charge in [-0.15, -0.1) is 0 Å². The number of halogens is 1. The molecule has 8 heteroatoms. The third kappa shape index (κ3) is 5.92. The Balaban J connectivity index is 5.09. The van der Waals surface area contributed by atoms with Gasteiger partial charge < -0.3 is 19.7 Å². The molecule has 0 aliphatic carbocycles. The van der Waals surface area contributed by atoms with Crippen LogP contribution in [0.25, 0.3) is 0 Å². The molecule has 0 radical (unpaired) electrons. The van der Waals surface area contributed by atoms with E-state index in [1.807, 2.05) is 0 Å². The zero-order valence-electron chi connectivity index (χ0n) is 11.4. The van der Waals surface area contributed by atoms with Crippen molar-refractivity contribution in [3.05, 3.63) is 11.1 Å². The first-order valence-electron chi connectivity index (χ1n) is 5.67. The second kappa shape index (κ2) is 7.74. The molecule has 0 aromatic rings. The Labute approximate surface area is 121 Å². The van der Waals surface area contributed by atoms with E-state index in [1.165, 1.54) is 0 Å². The minimum atomic E-state index is -1.37. The van der Waals surface area contributed by atoms with Gasteiger partial charge in [0, 0.05) is 6.42 Å². The molecule has 114 valence electrons. The summed E-state index contributed by atoms with van der Waals surface area (Å²) in [5, 5.41) is 18.3. The van der Waals surface area contributed by atoms with Crippen molar-refractivity contribution in [1.82, 2.24) is 0 Å². The molecule has 7 nitrogen and oxygen atoms in total. The first-order valence-corrected chi connectivity index (χ1v) is 6.20. The summed E-state index contributed by atoms with van der Waals surface area (Å²) < 4.78 is 8.85. The van der Waals surface area contributed by atoms with Crippen molar-refractivity contribution in [3.8, 4) is 0 Å². The normalized spacial score (nSPS) is 12.4. The topological polar surface area (TPSA) is 110 Å². The van der Waals surface area contributed by atoms with Crippen LogP contribution in [0, 0.1) is 5.41 Å². The van der Waals surface area contributed by atoms with Crippen LogP contribution in [0.1, 0.15) is 27.2 Å². The van der Waals surface area contributed by atoms with Crippen molar-refractivity contribution < 1.29 is 34.1 Å². The van der Waals surface area contributed by atoms with Crippen molar-refractivity contribution in [1.29, 1.82) is 0 Å². The third-order valence-electron chi connectivity index (χ3n) is 2.27. The number of aliphatic carboxylic acids is 2. The second-order valence-corrected chi connectivity index (χ2v) is 5.03. The van der Waals surface area contributed by atoms with E-state index in [1.54, 1.807) is 20.8 Å². The fourth-order valence-corrected chi connectivity index (χ4v) is 1.65. The molecular formula is C12H17ClO7. The average Bonchev–Trinajstić information content (AvgIpc) is 2.25. The minimum absolute atomic E-state index is 0.237. The maximum absolute atomic E-state index is 11.2. The van der Waals surface area contributed by atoms with Crippen molar-refractivity contribution in [3.63, 3.8) is 0 Å². The second-order valence-electron chi connectivity index (χ2n) is 4.82. The average molecular weight is 309 g/mol. The molecule has 0 amide bonds. The molecule has 2 N–H and O–H groups in total. The molecule has 0 heterocycles. The monoisotopic (exact) mass is 308 g/mol. The minimum Gasteiger partial charge on any atom is -0.478 e. The maximum atomic E-state index is 11.2. The van der Waals surface area contributed by atoms with Gasteiger partial charge in [-0.2, -0.15) is 0 Å². The lowest BCUT2D eigenvalue weighted by Gasteiger charge is -2.22. The van der Waals surface area contributed by atoms with E-state index in [0.717, 1.165) is 0 Å². The Morgan fingerprint density at radius 3 is 1.95 bits per heavy atom. The van der Waals surface area contributed by atoms with Gasteiger partial charge >= 0.3 is 18.1 Å². The zero-order valence-corrected chi connectivity index (χ0v) is 12.2. The summed E-state index contributed by atoms with van der Waals surface area (Å²) in [6.45, 7) is 4.44. The van der Waals surface area contributed by atoms with Crippen LogP contribution in [-0.2, 0) is 19.1 Å². The van der Waals surface area contributed by atoms with Gasteiger partial charge in [-0.05, 0) is 5.41 Å². The van der Waals surface area contributed by atoms with Crippen LogP contribution >= 0.6 is 11.6 Å². The van der Waals surface area contributed by atoms with E-state index in [-0.39, 0.29) is 30.2 Å². The molecule has 0 aliphatic rings. The Kier molecular flexibility index (Phi) is 7.06. The van der Waals surface area contributed by atoms with Crippen molar-refractivity contribution >= 4 is 29.7 Å². The van der Waals surface area contributed by atoms with Gasteiger partial charge in [0.1, 0.15) is 0 Å². The van der Waals surface area contributed by atoms with Crippen LogP contribution < -0.4 is 0 Å². The van der Waals surface area contributed by atoms with Crippen molar-refractivity contribution in [2.75, 3.05) is 12.7 Å². The number of carboxylic acids is 2. The summed E-state index contributed by atoms with van der Waals surface area (Å²) in [4.78, 5) is 33.3. The molecule has 0 unspecified atom stereocenters. The highest BCUT2D eigenvalue weighted by Gasteiger charge is 2.30. The third-order valence-corrected chi connectivity index (χ3v) is 2.38. The Hall–Kier alpha value is -1.76. The molecule has 0 saturated heterocycles. The molecule has 20 heavy (non-hydrogen) atoms. The Morgan fingerprint density at radius 2 is 1.60 bits per heavy atom. The number of ether oxygens (including phenoxy) is 2. The highest BCUT2D eigenvalue weighted by molar-refractivity contribution is 6.17. The number of carbonyl (C=O) groups is 3. The van der Waals surface area contributed by atoms with E-state index < -0.39 is 23.5 Å². The van der Waals surface area contributed by atoms with Crippen molar-refractivity contribution in [2.24, 2.45) is 5.41 Å². The van der Waals surface area contributed by atoms with E-state index >= 15 is 0 Å². The number of carboxylic acid groups (broad SMARTS) is 2. The summed E-state index contributed by atoms with van der Waals surface area (Å²) in [5.74, 6) is -2.69. The summed E-state index contributed by atoms with van der Waals surface area (Å²) in [5.41, 5.74) is -1.42. The quantitative estimate of drug-likeness (QED) is 0.440. The zero-order chi connectivity index (χ0) is 15.9. The summed E-state index contributed by atoms with van der Waals surface area (Å²) >= 11 is 5.14. The predicted molar refractivity (Wildman–Crippen MR) is 69.5 cm³/mol. The first-order chi connectivity index (χ1) is 9.11. The molecule has 0 atom stereocenters. The molecule has 0 bridgehead atoms. The Bertz CT molecular complexity index is 420. The van der Waals surface area contributed by atoms with Crippen LogP contribution in [0.3, 0.4) is 0 Å². The SMILES string of the molecule is CC(C)(C)/C(C(=O)O)=C(/CCOC(=O)OCCl)C(=O)O. The number of hydrogen-bond acceptors (Lipinski definition) is 5. The highest BCUT2D eigenvalue weighted by atomic mass is 35.5. The standard InChI is InChI=1S/C12H17ClO7/c1-12(2,3)8(10(16)17)7(9(14)15)4-5-19-11(18)20-6-13/h4-6H2,1-3H3,(H,14,15)(H,16,17)/b8-7-. The lowest BCUT2D eigenvalue weighted by atomic mass is 9.82. The van der Waals surface area contributed by atoms with E-state index in [9.17, 15) is 14.4 Å². The molecule has 0 rings (SSSR count). The number of carbonyl (C=O) groups excluding carboxylic acids is 1. The maximum Gasteiger partial charge on any atom is 0.509 e. The summed E-state index contributed by atoms with van der Waals surface area (Å²) in [6, 6.07) is -0.386. The molecule has 0 spiro atoms. The van der Waals surface area contributed by atoms with Gasteiger partial charge in [0.15, 0.2) is 6.07 Å². The lowest BCUT2D eigenvalue weighted by Crippen LogP contribution is -2.24. The summed E-state index contributed by atoms with van der Waals surface area (Å²) in [7, 11) is 0. The fraction of sp³-hybridized carbons (Fsp3) is 0.583. The first kappa shape index (κ1) is 18.2. The van der Waals surface area contributed by atoms with Gasteiger partial charge in [-0.1, -0.05) is 32.4 Å². The van der Waals surface area contributed by atoms with Gasteiger partial charge in [0.2, 0.25) is 0 Å².